The van der Waals surface area contributed by atoms with E-state index in [4.69, 9.17) is 0 Å². The van der Waals surface area contributed by atoms with Crippen molar-refractivity contribution in [3.63, 3.8) is 0 Å². The first-order valence-corrected chi connectivity index (χ1v) is 6.85. The average Bonchev–Trinajstić information content (AvgIpc) is 2.77. The summed E-state index contributed by atoms with van der Waals surface area (Å²) < 4.78 is 0. The highest BCUT2D eigenvalue weighted by Gasteiger charge is 2.10. The highest BCUT2D eigenvalue weighted by molar-refractivity contribution is 7.98. The molecule has 0 saturated heterocycles. The summed E-state index contributed by atoms with van der Waals surface area (Å²) in [6.07, 6.45) is 4.96. The van der Waals surface area contributed by atoms with Crippen LogP contribution >= 0.6 is 11.8 Å². The minimum Gasteiger partial charge on any atom is -0.349 e. The van der Waals surface area contributed by atoms with E-state index in [0.717, 1.165) is 30.8 Å². The van der Waals surface area contributed by atoms with Gasteiger partial charge in [-0.15, -0.1) is 5.10 Å². The zero-order chi connectivity index (χ0) is 11.8. The van der Waals surface area contributed by atoms with Gasteiger partial charge in [-0.1, -0.05) is 6.92 Å². The number of rotatable bonds is 7. The molecule has 0 atom stereocenters. The first kappa shape index (κ1) is 13.0. The van der Waals surface area contributed by atoms with E-state index in [1.54, 1.807) is 0 Å². The summed E-state index contributed by atoms with van der Waals surface area (Å²) in [6, 6.07) is 0. The molecular weight excluding hydrogens is 224 g/mol. The Hall–Kier alpha value is -1.04. The van der Waals surface area contributed by atoms with Crippen LogP contribution in [0.5, 0.6) is 0 Å². The normalized spacial score (nSPS) is 10.4. The molecule has 0 fully saturated rings. The molecule has 1 amide bonds. The van der Waals surface area contributed by atoms with Crippen LogP contribution in [-0.2, 0) is 6.42 Å². The van der Waals surface area contributed by atoms with Crippen LogP contribution in [0, 0.1) is 0 Å². The molecule has 0 saturated carbocycles. The van der Waals surface area contributed by atoms with Gasteiger partial charge in [0.1, 0.15) is 5.82 Å². The zero-order valence-electron chi connectivity index (χ0n) is 9.75. The van der Waals surface area contributed by atoms with Gasteiger partial charge in [-0.05, 0) is 24.9 Å². The fraction of sp³-hybridized carbons (Fsp3) is 0.700. The molecule has 1 rings (SSSR count). The molecule has 0 radical (unpaired) electrons. The number of nitrogens with zero attached hydrogens (tertiary/aromatic N) is 2. The predicted octanol–water partition coefficient (Wildman–Crippen LogP) is 1.24. The Bertz CT molecular complexity index is 326. The number of hydrogen-bond donors (Lipinski definition) is 2. The van der Waals surface area contributed by atoms with Crippen molar-refractivity contribution in [1.82, 2.24) is 20.5 Å². The van der Waals surface area contributed by atoms with Crippen LogP contribution in [0.25, 0.3) is 0 Å². The van der Waals surface area contributed by atoms with Crippen molar-refractivity contribution in [2.24, 2.45) is 0 Å². The van der Waals surface area contributed by atoms with Gasteiger partial charge >= 0.3 is 0 Å². The Balaban J connectivity index is 2.24. The van der Waals surface area contributed by atoms with Crippen molar-refractivity contribution < 1.29 is 4.79 Å². The predicted molar refractivity (Wildman–Crippen MR) is 65.7 cm³/mol. The third-order valence-corrected chi connectivity index (χ3v) is 2.83. The highest BCUT2D eigenvalue weighted by atomic mass is 32.2. The number of carbonyl (C=O) groups is 1. The average molecular weight is 242 g/mol. The lowest BCUT2D eigenvalue weighted by molar-refractivity contribution is 0.0943. The molecule has 0 spiro atoms. The summed E-state index contributed by atoms with van der Waals surface area (Å²) in [7, 11) is 0. The molecule has 0 aliphatic heterocycles. The minimum atomic E-state index is -0.194. The maximum Gasteiger partial charge on any atom is 0.290 e. The van der Waals surface area contributed by atoms with E-state index in [1.165, 1.54) is 0 Å². The summed E-state index contributed by atoms with van der Waals surface area (Å²) in [5.74, 6) is 1.92. The van der Waals surface area contributed by atoms with E-state index in [-0.39, 0.29) is 11.7 Å². The number of thioether (sulfide) groups is 1. The second-order valence-electron chi connectivity index (χ2n) is 3.42. The molecular formula is C10H18N4OS. The molecule has 1 aromatic rings. The van der Waals surface area contributed by atoms with Crippen molar-refractivity contribution in [3.8, 4) is 0 Å². The second-order valence-corrected chi connectivity index (χ2v) is 4.40. The van der Waals surface area contributed by atoms with Gasteiger partial charge in [0.15, 0.2) is 0 Å². The number of aryl methyl sites for hydroxylation is 1. The molecule has 16 heavy (non-hydrogen) atoms. The lowest BCUT2D eigenvalue weighted by Gasteiger charge is -2.01. The van der Waals surface area contributed by atoms with E-state index in [0.29, 0.717) is 6.54 Å². The van der Waals surface area contributed by atoms with Gasteiger partial charge in [-0.25, -0.2) is 4.98 Å². The summed E-state index contributed by atoms with van der Waals surface area (Å²) in [4.78, 5) is 15.6. The molecule has 0 unspecified atom stereocenters. The molecule has 0 bridgehead atoms. The van der Waals surface area contributed by atoms with Gasteiger partial charge in [0, 0.05) is 13.0 Å². The lowest BCUT2D eigenvalue weighted by Crippen LogP contribution is -2.25. The number of aromatic amines is 1. The molecule has 6 heteroatoms. The Morgan fingerprint density at radius 1 is 1.50 bits per heavy atom. The van der Waals surface area contributed by atoms with Gasteiger partial charge in [-0.2, -0.15) is 11.8 Å². The Kier molecular flexibility index (Phi) is 5.92. The molecule has 1 aromatic heterocycles. The number of carbonyl (C=O) groups excluding carboxylic acids is 1. The van der Waals surface area contributed by atoms with E-state index < -0.39 is 0 Å². The Morgan fingerprint density at radius 3 is 2.94 bits per heavy atom. The SMILES string of the molecule is CCc1nc(C(=O)NCCCCSC)n[nH]1. The van der Waals surface area contributed by atoms with Crippen LogP contribution in [0.1, 0.15) is 36.2 Å². The molecule has 0 aliphatic rings. The summed E-state index contributed by atoms with van der Waals surface area (Å²) in [5.41, 5.74) is 0. The number of aromatic nitrogens is 3. The van der Waals surface area contributed by atoms with Crippen LogP contribution in [0.4, 0.5) is 0 Å². The van der Waals surface area contributed by atoms with Crippen molar-refractivity contribution in [2.75, 3.05) is 18.6 Å². The van der Waals surface area contributed by atoms with Crippen LogP contribution in [0.3, 0.4) is 0 Å². The van der Waals surface area contributed by atoms with Gasteiger partial charge in [-0.3, -0.25) is 9.89 Å². The van der Waals surface area contributed by atoms with E-state index in [9.17, 15) is 4.79 Å². The number of H-pyrrole nitrogens is 1. The standard InChI is InChI=1S/C10H18N4OS/c1-3-8-12-9(14-13-8)10(15)11-6-4-5-7-16-2/h3-7H2,1-2H3,(H,11,15)(H,12,13,14). The van der Waals surface area contributed by atoms with E-state index in [1.807, 2.05) is 18.7 Å². The first-order chi connectivity index (χ1) is 7.77. The molecule has 0 aliphatic carbocycles. The number of nitrogens with one attached hydrogen (secondary N) is 2. The molecule has 2 N–H and O–H groups in total. The largest absolute Gasteiger partial charge is 0.349 e. The monoisotopic (exact) mass is 242 g/mol. The third kappa shape index (κ3) is 4.22. The highest BCUT2D eigenvalue weighted by Crippen LogP contribution is 1.98. The van der Waals surface area contributed by atoms with Crippen LogP contribution in [0.2, 0.25) is 0 Å². The smallest absolute Gasteiger partial charge is 0.290 e. The Labute approximate surface area is 99.8 Å². The Morgan fingerprint density at radius 2 is 2.31 bits per heavy atom. The third-order valence-electron chi connectivity index (χ3n) is 2.13. The molecule has 90 valence electrons. The van der Waals surface area contributed by atoms with Gasteiger partial charge < -0.3 is 5.32 Å². The molecule has 0 aromatic carbocycles. The maximum atomic E-state index is 11.5. The molecule has 5 nitrogen and oxygen atoms in total. The summed E-state index contributed by atoms with van der Waals surface area (Å²) in [6.45, 7) is 2.65. The fourth-order valence-electron chi connectivity index (χ4n) is 1.21. The van der Waals surface area contributed by atoms with Gasteiger partial charge in [0.05, 0.1) is 0 Å². The number of unbranched alkanes of at least 4 members (excludes halogenated alkanes) is 1. The zero-order valence-corrected chi connectivity index (χ0v) is 10.6. The van der Waals surface area contributed by atoms with Crippen molar-refractivity contribution in [3.05, 3.63) is 11.6 Å². The van der Waals surface area contributed by atoms with Crippen molar-refractivity contribution in [1.29, 1.82) is 0 Å². The fourth-order valence-corrected chi connectivity index (χ4v) is 1.70. The van der Waals surface area contributed by atoms with Gasteiger partial charge in [0.25, 0.3) is 5.91 Å². The second kappa shape index (κ2) is 7.27. The topological polar surface area (TPSA) is 70.7 Å². The maximum absolute atomic E-state index is 11.5. The van der Waals surface area contributed by atoms with Crippen LogP contribution in [-0.4, -0.2) is 39.6 Å². The van der Waals surface area contributed by atoms with E-state index in [2.05, 4.69) is 26.8 Å². The van der Waals surface area contributed by atoms with Crippen LogP contribution < -0.4 is 5.32 Å². The van der Waals surface area contributed by atoms with Crippen LogP contribution in [0.15, 0.2) is 0 Å². The molecule has 1 heterocycles. The lowest BCUT2D eigenvalue weighted by atomic mass is 10.3. The summed E-state index contributed by atoms with van der Waals surface area (Å²) >= 11 is 1.82. The minimum absolute atomic E-state index is 0.194. The van der Waals surface area contributed by atoms with E-state index >= 15 is 0 Å². The first-order valence-electron chi connectivity index (χ1n) is 5.46. The quantitative estimate of drug-likeness (QED) is 0.706. The number of amides is 1. The van der Waals surface area contributed by atoms with Crippen molar-refractivity contribution in [2.45, 2.75) is 26.2 Å². The summed E-state index contributed by atoms with van der Waals surface area (Å²) in [5, 5.41) is 9.37. The van der Waals surface area contributed by atoms with Gasteiger partial charge in [0.2, 0.25) is 5.82 Å². The number of hydrogen-bond acceptors (Lipinski definition) is 4. The van der Waals surface area contributed by atoms with Crippen molar-refractivity contribution >= 4 is 17.7 Å².